The first-order chi connectivity index (χ1) is 17.2. The number of aliphatic carboxylic acids is 1. The van der Waals surface area contributed by atoms with E-state index in [1.54, 1.807) is 7.11 Å². The Hall–Kier alpha value is -2.65. The average Bonchev–Trinajstić information content (AvgIpc) is 2.86. The van der Waals surface area contributed by atoms with E-state index in [2.05, 4.69) is 53.4 Å². The molecule has 3 heterocycles. The van der Waals surface area contributed by atoms with Gasteiger partial charge in [-0.3, -0.25) is 4.98 Å². The van der Waals surface area contributed by atoms with E-state index in [9.17, 15) is 13.2 Å². The molecular weight excluding hydrogens is 471 g/mol. The van der Waals surface area contributed by atoms with Crippen molar-refractivity contribution in [2.24, 2.45) is 0 Å². The molecule has 0 radical (unpaired) electrons. The molecule has 1 aromatic carbocycles. The van der Waals surface area contributed by atoms with Crippen LogP contribution in [0.5, 0.6) is 5.75 Å². The molecule has 1 atom stereocenters. The van der Waals surface area contributed by atoms with Crippen LogP contribution in [0.15, 0.2) is 36.5 Å². The lowest BCUT2D eigenvalue weighted by Gasteiger charge is -2.32. The van der Waals surface area contributed by atoms with Gasteiger partial charge in [-0.1, -0.05) is 24.6 Å². The summed E-state index contributed by atoms with van der Waals surface area (Å²) >= 11 is 0. The minimum Gasteiger partial charge on any atom is -0.497 e. The third kappa shape index (κ3) is 8.20. The smallest absolute Gasteiger partial charge is 0.490 e. The summed E-state index contributed by atoms with van der Waals surface area (Å²) in [5.74, 6) is -1.51. The highest BCUT2D eigenvalue weighted by atomic mass is 19.4. The summed E-state index contributed by atoms with van der Waals surface area (Å²) in [5, 5.41) is 7.12. The van der Waals surface area contributed by atoms with Crippen LogP contribution in [0.2, 0.25) is 0 Å². The lowest BCUT2D eigenvalue weighted by molar-refractivity contribution is -0.192. The van der Waals surface area contributed by atoms with Gasteiger partial charge in [0.1, 0.15) is 5.75 Å². The number of carbonyl (C=O) groups is 1. The first-order valence-electron chi connectivity index (χ1n) is 12.5. The van der Waals surface area contributed by atoms with Crippen LogP contribution in [0.25, 0.3) is 0 Å². The fourth-order valence-corrected chi connectivity index (χ4v) is 4.85. The van der Waals surface area contributed by atoms with Gasteiger partial charge in [0.15, 0.2) is 0 Å². The van der Waals surface area contributed by atoms with Crippen molar-refractivity contribution in [2.45, 2.75) is 57.2 Å². The molecule has 0 spiro atoms. The van der Waals surface area contributed by atoms with E-state index >= 15 is 0 Å². The SMILES string of the molecule is COc1ccc(C2CN(C)Cc3cc(CCCCN4CCCCC4)cnc32)cc1.O=C(O)C(F)(F)F. The number of fused-ring (bicyclic) bond motifs is 1. The number of piperidine rings is 1. The summed E-state index contributed by atoms with van der Waals surface area (Å²) in [6.07, 6.45) is 4.94. The highest BCUT2D eigenvalue weighted by Crippen LogP contribution is 2.33. The molecule has 6 nitrogen and oxygen atoms in total. The number of nitrogens with zero attached hydrogens (tertiary/aromatic N) is 3. The van der Waals surface area contributed by atoms with Gasteiger partial charge >= 0.3 is 12.1 Å². The molecule has 2 aromatic rings. The second-order valence-electron chi connectivity index (χ2n) is 9.57. The van der Waals surface area contributed by atoms with E-state index in [0.29, 0.717) is 5.92 Å². The maximum absolute atomic E-state index is 10.6. The maximum Gasteiger partial charge on any atom is 0.490 e. The Morgan fingerprint density at radius 1 is 1.14 bits per heavy atom. The number of likely N-dealkylation sites (tertiary alicyclic amines) is 1. The number of benzene rings is 1. The summed E-state index contributed by atoms with van der Waals surface area (Å²) in [4.78, 5) is 18.9. The first kappa shape index (κ1) is 27.9. The number of alkyl halides is 3. The van der Waals surface area contributed by atoms with Crippen LogP contribution in [0.1, 0.15) is 60.4 Å². The molecule has 1 unspecified atom stereocenters. The van der Waals surface area contributed by atoms with E-state index in [1.165, 1.54) is 74.1 Å². The van der Waals surface area contributed by atoms with Gasteiger partial charge in [0, 0.05) is 25.2 Å². The van der Waals surface area contributed by atoms with Crippen molar-refractivity contribution >= 4 is 5.97 Å². The van der Waals surface area contributed by atoms with Crippen LogP contribution in [0.4, 0.5) is 13.2 Å². The zero-order valence-electron chi connectivity index (χ0n) is 21.1. The Morgan fingerprint density at radius 2 is 1.81 bits per heavy atom. The van der Waals surface area contributed by atoms with Crippen molar-refractivity contribution in [3.8, 4) is 5.75 Å². The van der Waals surface area contributed by atoms with Crippen LogP contribution in [0.3, 0.4) is 0 Å². The van der Waals surface area contributed by atoms with Crippen molar-refractivity contribution in [1.29, 1.82) is 0 Å². The number of pyridine rings is 1. The largest absolute Gasteiger partial charge is 0.497 e. The van der Waals surface area contributed by atoms with E-state index in [1.807, 2.05) is 0 Å². The number of aryl methyl sites for hydroxylation is 1. The number of hydrogen-bond donors (Lipinski definition) is 1. The van der Waals surface area contributed by atoms with Gasteiger partial charge < -0.3 is 19.6 Å². The quantitative estimate of drug-likeness (QED) is 0.526. The van der Waals surface area contributed by atoms with Crippen molar-refractivity contribution in [2.75, 3.05) is 40.3 Å². The predicted octanol–water partition coefficient (Wildman–Crippen LogP) is 5.11. The number of ether oxygens (including phenoxy) is 1. The molecule has 0 aliphatic carbocycles. The van der Waals surface area contributed by atoms with E-state index in [-0.39, 0.29) is 0 Å². The molecule has 2 aliphatic heterocycles. The van der Waals surface area contributed by atoms with Gasteiger partial charge in [-0.05, 0) is 87.6 Å². The molecular formula is C27H36F3N3O3. The minimum atomic E-state index is -5.08. The first-order valence-corrected chi connectivity index (χ1v) is 12.5. The summed E-state index contributed by atoms with van der Waals surface area (Å²) in [6, 6.07) is 10.9. The van der Waals surface area contributed by atoms with Crippen molar-refractivity contribution in [1.82, 2.24) is 14.8 Å². The second-order valence-corrected chi connectivity index (χ2v) is 9.57. The average molecular weight is 508 g/mol. The van der Waals surface area contributed by atoms with Gasteiger partial charge in [0.2, 0.25) is 0 Å². The van der Waals surface area contributed by atoms with Crippen molar-refractivity contribution in [3.05, 3.63) is 58.9 Å². The zero-order chi connectivity index (χ0) is 26.1. The maximum atomic E-state index is 10.6. The Balaban J connectivity index is 0.000000454. The molecule has 0 amide bonds. The summed E-state index contributed by atoms with van der Waals surface area (Å²) in [5.41, 5.74) is 5.37. The fraction of sp³-hybridized carbons (Fsp3) is 0.556. The molecule has 4 rings (SSSR count). The fourth-order valence-electron chi connectivity index (χ4n) is 4.85. The van der Waals surface area contributed by atoms with Gasteiger partial charge in [-0.15, -0.1) is 0 Å². The summed E-state index contributed by atoms with van der Waals surface area (Å²) in [6.45, 7) is 5.89. The number of hydrogen-bond acceptors (Lipinski definition) is 5. The van der Waals surface area contributed by atoms with Crippen LogP contribution in [0, 0.1) is 0 Å². The Morgan fingerprint density at radius 3 is 2.42 bits per heavy atom. The second kappa shape index (κ2) is 13.1. The number of carboxylic acid groups (broad SMARTS) is 1. The monoisotopic (exact) mass is 507 g/mol. The molecule has 0 saturated carbocycles. The number of likely N-dealkylation sites (N-methyl/N-ethyl adjacent to an activating group) is 1. The van der Waals surface area contributed by atoms with Gasteiger partial charge in [-0.25, -0.2) is 4.79 Å². The molecule has 36 heavy (non-hydrogen) atoms. The molecule has 9 heteroatoms. The Labute approximate surface area is 211 Å². The van der Waals surface area contributed by atoms with Gasteiger partial charge in [-0.2, -0.15) is 13.2 Å². The van der Waals surface area contributed by atoms with E-state index in [4.69, 9.17) is 19.6 Å². The molecule has 1 fully saturated rings. The molecule has 1 N–H and O–H groups in total. The predicted molar refractivity (Wildman–Crippen MR) is 132 cm³/mol. The standard InChI is InChI=1S/C25H35N3O.C2HF3O2/c1-27-18-22-16-20(8-4-7-15-28-13-5-3-6-14-28)17-26-25(22)24(19-27)21-9-11-23(29-2)12-10-21;3-2(4,5)1(6)7/h9-12,16-17,24H,3-8,13-15,18-19H2,1-2H3;(H,6,7). The van der Waals surface area contributed by atoms with E-state index in [0.717, 1.165) is 25.3 Å². The molecule has 2 aliphatic rings. The number of unbranched alkanes of at least 4 members (excludes halogenated alkanes) is 1. The molecule has 1 aromatic heterocycles. The highest BCUT2D eigenvalue weighted by Gasteiger charge is 2.38. The van der Waals surface area contributed by atoms with E-state index < -0.39 is 12.1 Å². The lowest BCUT2D eigenvalue weighted by atomic mass is 9.88. The number of carboxylic acids is 1. The molecule has 0 bridgehead atoms. The van der Waals surface area contributed by atoms with Crippen LogP contribution in [-0.2, 0) is 17.8 Å². The molecule has 1 saturated heterocycles. The third-order valence-corrected chi connectivity index (χ3v) is 6.72. The number of halogens is 3. The number of rotatable bonds is 7. The lowest BCUT2D eigenvalue weighted by Crippen LogP contribution is -2.32. The topological polar surface area (TPSA) is 65.9 Å². The van der Waals surface area contributed by atoms with Crippen LogP contribution in [-0.4, -0.2) is 72.4 Å². The normalized spacial score (nSPS) is 18.6. The number of aromatic nitrogens is 1. The third-order valence-electron chi connectivity index (χ3n) is 6.72. The molecule has 198 valence electrons. The van der Waals surface area contributed by atoms with Crippen LogP contribution >= 0.6 is 0 Å². The Bertz CT molecular complexity index is 976. The summed E-state index contributed by atoms with van der Waals surface area (Å²) in [7, 11) is 3.93. The van der Waals surface area contributed by atoms with Gasteiger partial charge in [0.25, 0.3) is 0 Å². The summed E-state index contributed by atoms with van der Waals surface area (Å²) < 4.78 is 37.1. The van der Waals surface area contributed by atoms with Crippen molar-refractivity contribution < 1.29 is 27.8 Å². The number of methoxy groups -OCH3 is 1. The Kier molecular flexibility index (Phi) is 10.1. The zero-order valence-corrected chi connectivity index (χ0v) is 21.1. The minimum absolute atomic E-state index is 0.336. The van der Waals surface area contributed by atoms with Crippen molar-refractivity contribution in [3.63, 3.8) is 0 Å². The van der Waals surface area contributed by atoms with Crippen LogP contribution < -0.4 is 4.74 Å². The van der Waals surface area contributed by atoms with Gasteiger partial charge in [0.05, 0.1) is 12.8 Å². The highest BCUT2D eigenvalue weighted by molar-refractivity contribution is 5.73.